The van der Waals surface area contributed by atoms with Crippen LogP contribution in [0.5, 0.6) is 0 Å². The van der Waals surface area contributed by atoms with Gasteiger partial charge in [0.2, 0.25) is 0 Å². The van der Waals surface area contributed by atoms with Crippen molar-refractivity contribution in [2.24, 2.45) is 0 Å². The van der Waals surface area contributed by atoms with Gasteiger partial charge in [-0.1, -0.05) is 18.5 Å². The number of hydrogen-bond donors (Lipinski definition) is 1. The van der Waals surface area contributed by atoms with Crippen molar-refractivity contribution in [1.29, 1.82) is 0 Å². The summed E-state index contributed by atoms with van der Waals surface area (Å²) in [6.45, 7) is 2.92. The molecule has 2 heterocycles. The van der Waals surface area contributed by atoms with E-state index in [-0.39, 0.29) is 0 Å². The normalized spacial score (nSPS) is 10.8. The number of aryl methyl sites for hydroxylation is 1. The summed E-state index contributed by atoms with van der Waals surface area (Å²) in [5, 5.41) is 15.2. The SMILES string of the molecule is CCc1ccc(CNc2cc(-n3cnnn3)ccc2Cl)s1. The van der Waals surface area contributed by atoms with Gasteiger partial charge in [-0.05, 0) is 47.2 Å². The number of thiophene rings is 1. The largest absolute Gasteiger partial charge is 0.379 e. The highest BCUT2D eigenvalue weighted by molar-refractivity contribution is 7.12. The molecule has 0 bridgehead atoms. The summed E-state index contributed by atoms with van der Waals surface area (Å²) in [6.07, 6.45) is 2.63. The van der Waals surface area contributed by atoms with Crippen molar-refractivity contribution in [1.82, 2.24) is 20.2 Å². The minimum absolute atomic E-state index is 0.680. The number of nitrogens with one attached hydrogen (secondary N) is 1. The van der Waals surface area contributed by atoms with E-state index in [0.717, 1.165) is 24.3 Å². The summed E-state index contributed by atoms with van der Waals surface area (Å²) in [5.74, 6) is 0. The Labute approximate surface area is 131 Å². The Balaban J connectivity index is 1.76. The third kappa shape index (κ3) is 3.22. The van der Waals surface area contributed by atoms with E-state index < -0.39 is 0 Å². The van der Waals surface area contributed by atoms with E-state index in [1.807, 2.05) is 29.5 Å². The van der Waals surface area contributed by atoms with Gasteiger partial charge in [0, 0.05) is 16.3 Å². The second kappa shape index (κ2) is 6.24. The van der Waals surface area contributed by atoms with Crippen LogP contribution in [0.3, 0.4) is 0 Å². The van der Waals surface area contributed by atoms with E-state index in [0.29, 0.717) is 5.02 Å². The van der Waals surface area contributed by atoms with Gasteiger partial charge in [0.05, 0.1) is 16.4 Å². The van der Waals surface area contributed by atoms with E-state index >= 15 is 0 Å². The van der Waals surface area contributed by atoms with Crippen LogP contribution in [0.25, 0.3) is 5.69 Å². The summed E-state index contributed by atoms with van der Waals surface area (Å²) in [6, 6.07) is 9.97. The smallest absolute Gasteiger partial charge is 0.143 e. The van der Waals surface area contributed by atoms with E-state index in [1.54, 1.807) is 11.0 Å². The number of halogens is 1. The van der Waals surface area contributed by atoms with Crippen LogP contribution in [0.1, 0.15) is 16.7 Å². The van der Waals surface area contributed by atoms with Crippen LogP contribution >= 0.6 is 22.9 Å². The number of aromatic nitrogens is 4. The van der Waals surface area contributed by atoms with Gasteiger partial charge in [0.25, 0.3) is 0 Å². The van der Waals surface area contributed by atoms with Gasteiger partial charge in [-0.2, -0.15) is 0 Å². The molecule has 0 aliphatic heterocycles. The highest BCUT2D eigenvalue weighted by Gasteiger charge is 2.05. The molecule has 2 aromatic heterocycles. The van der Waals surface area contributed by atoms with Crippen molar-refractivity contribution >= 4 is 28.6 Å². The van der Waals surface area contributed by atoms with E-state index in [2.05, 4.69) is 39.9 Å². The molecule has 0 saturated carbocycles. The molecule has 1 aromatic carbocycles. The van der Waals surface area contributed by atoms with Crippen LogP contribution < -0.4 is 5.32 Å². The Morgan fingerprint density at radius 3 is 2.81 bits per heavy atom. The zero-order valence-corrected chi connectivity index (χ0v) is 13.0. The Hall–Kier alpha value is -1.92. The molecule has 0 unspecified atom stereocenters. The van der Waals surface area contributed by atoms with Crippen molar-refractivity contribution in [3.63, 3.8) is 0 Å². The Morgan fingerprint density at radius 1 is 1.24 bits per heavy atom. The summed E-state index contributed by atoms with van der Waals surface area (Å²) in [4.78, 5) is 2.68. The third-order valence-electron chi connectivity index (χ3n) is 3.08. The molecule has 0 spiro atoms. The van der Waals surface area contributed by atoms with Crippen molar-refractivity contribution < 1.29 is 0 Å². The number of hydrogen-bond acceptors (Lipinski definition) is 5. The van der Waals surface area contributed by atoms with Crippen LogP contribution in [-0.2, 0) is 13.0 Å². The first kappa shape index (κ1) is 14.0. The minimum atomic E-state index is 0.680. The lowest BCUT2D eigenvalue weighted by Crippen LogP contribution is -2.01. The lowest BCUT2D eigenvalue weighted by molar-refractivity contribution is 0.789. The van der Waals surface area contributed by atoms with Gasteiger partial charge < -0.3 is 5.32 Å². The molecule has 3 aromatic rings. The van der Waals surface area contributed by atoms with Crippen LogP contribution in [0.4, 0.5) is 5.69 Å². The fourth-order valence-electron chi connectivity index (χ4n) is 1.96. The van der Waals surface area contributed by atoms with Gasteiger partial charge in [-0.3, -0.25) is 0 Å². The fourth-order valence-corrected chi connectivity index (χ4v) is 3.04. The van der Waals surface area contributed by atoms with Crippen molar-refractivity contribution in [3.05, 3.63) is 51.4 Å². The first-order chi connectivity index (χ1) is 10.3. The summed E-state index contributed by atoms with van der Waals surface area (Å²) < 4.78 is 1.60. The molecular formula is C14H14ClN5S. The summed E-state index contributed by atoms with van der Waals surface area (Å²) in [5.41, 5.74) is 1.74. The highest BCUT2D eigenvalue weighted by Crippen LogP contribution is 2.26. The van der Waals surface area contributed by atoms with E-state index in [9.17, 15) is 0 Å². The number of tetrazole rings is 1. The standard InChI is InChI=1S/C14H14ClN5S/c1-2-11-4-5-12(21-11)8-16-14-7-10(3-6-13(14)15)20-9-17-18-19-20/h3-7,9,16H,2,8H2,1H3. The third-order valence-corrected chi connectivity index (χ3v) is 4.64. The lowest BCUT2D eigenvalue weighted by Gasteiger charge is -2.09. The maximum Gasteiger partial charge on any atom is 0.143 e. The Morgan fingerprint density at radius 2 is 2.10 bits per heavy atom. The summed E-state index contributed by atoms with van der Waals surface area (Å²) in [7, 11) is 0. The molecule has 0 atom stereocenters. The number of rotatable bonds is 5. The van der Waals surface area contributed by atoms with Crippen LogP contribution in [0.15, 0.2) is 36.7 Å². The number of benzene rings is 1. The Bertz CT molecular complexity index is 723. The number of anilines is 1. The quantitative estimate of drug-likeness (QED) is 0.781. The molecule has 5 nitrogen and oxygen atoms in total. The van der Waals surface area contributed by atoms with Gasteiger partial charge >= 0.3 is 0 Å². The molecule has 21 heavy (non-hydrogen) atoms. The van der Waals surface area contributed by atoms with E-state index in [1.165, 1.54) is 9.75 Å². The topological polar surface area (TPSA) is 55.6 Å². The fraction of sp³-hybridized carbons (Fsp3) is 0.214. The molecule has 0 fully saturated rings. The van der Waals surface area contributed by atoms with Gasteiger partial charge in [0.1, 0.15) is 6.33 Å². The molecule has 0 aliphatic rings. The number of nitrogens with zero attached hydrogens (tertiary/aromatic N) is 4. The zero-order valence-electron chi connectivity index (χ0n) is 11.5. The van der Waals surface area contributed by atoms with Crippen LogP contribution in [0.2, 0.25) is 5.02 Å². The van der Waals surface area contributed by atoms with Gasteiger partial charge in [-0.25, -0.2) is 4.68 Å². The highest BCUT2D eigenvalue weighted by atomic mass is 35.5. The monoisotopic (exact) mass is 319 g/mol. The average molecular weight is 320 g/mol. The maximum absolute atomic E-state index is 6.24. The zero-order chi connectivity index (χ0) is 14.7. The predicted octanol–water partition coefficient (Wildman–Crippen LogP) is 3.55. The molecule has 3 rings (SSSR count). The van der Waals surface area contributed by atoms with Crippen LogP contribution in [0, 0.1) is 0 Å². The molecule has 0 amide bonds. The molecule has 108 valence electrons. The van der Waals surface area contributed by atoms with Gasteiger partial charge in [0.15, 0.2) is 0 Å². The van der Waals surface area contributed by atoms with Crippen molar-refractivity contribution in [2.45, 2.75) is 19.9 Å². The molecular weight excluding hydrogens is 306 g/mol. The second-order valence-electron chi connectivity index (χ2n) is 4.49. The first-order valence-corrected chi connectivity index (χ1v) is 7.80. The van der Waals surface area contributed by atoms with Crippen molar-refractivity contribution in [2.75, 3.05) is 5.32 Å². The van der Waals surface area contributed by atoms with Crippen LogP contribution in [-0.4, -0.2) is 20.2 Å². The molecule has 0 radical (unpaired) electrons. The Kier molecular flexibility index (Phi) is 4.17. The maximum atomic E-state index is 6.24. The first-order valence-electron chi connectivity index (χ1n) is 6.60. The second-order valence-corrected chi connectivity index (χ2v) is 6.15. The lowest BCUT2D eigenvalue weighted by atomic mass is 10.2. The van der Waals surface area contributed by atoms with Gasteiger partial charge in [-0.15, -0.1) is 16.4 Å². The molecule has 1 N–H and O–H groups in total. The molecule has 0 aliphatic carbocycles. The molecule has 7 heteroatoms. The average Bonchev–Trinajstić information content (AvgIpc) is 3.18. The van der Waals surface area contributed by atoms with E-state index in [4.69, 9.17) is 11.6 Å². The molecule has 0 saturated heterocycles. The van der Waals surface area contributed by atoms with Crippen molar-refractivity contribution in [3.8, 4) is 5.69 Å². The predicted molar refractivity (Wildman–Crippen MR) is 85.2 cm³/mol. The summed E-state index contributed by atoms with van der Waals surface area (Å²) >= 11 is 8.05. The minimum Gasteiger partial charge on any atom is -0.379 e.